The Balaban J connectivity index is 2.05. The average Bonchev–Trinajstić information content (AvgIpc) is 2.85. The summed E-state index contributed by atoms with van der Waals surface area (Å²) in [5, 5.41) is 4.48. The van der Waals surface area contributed by atoms with Gasteiger partial charge in [-0.25, -0.2) is 9.97 Å². The van der Waals surface area contributed by atoms with Gasteiger partial charge in [0.1, 0.15) is 0 Å². The number of pyridine rings is 1. The maximum absolute atomic E-state index is 5.21. The molecule has 0 aliphatic rings. The first-order chi connectivity index (χ1) is 9.00. The van der Waals surface area contributed by atoms with Crippen molar-refractivity contribution in [1.82, 2.24) is 9.97 Å². The third-order valence-electron chi connectivity index (χ3n) is 2.61. The zero-order chi connectivity index (χ0) is 13.9. The van der Waals surface area contributed by atoms with Crippen molar-refractivity contribution in [3.63, 3.8) is 0 Å². The lowest BCUT2D eigenvalue weighted by molar-refractivity contribution is 0.399. The van der Waals surface area contributed by atoms with Crippen LogP contribution in [-0.4, -0.2) is 17.1 Å². The Bertz CT molecular complexity index is 546. The summed E-state index contributed by atoms with van der Waals surface area (Å²) >= 11 is 1.74. The van der Waals surface area contributed by atoms with Gasteiger partial charge in [-0.3, -0.25) is 0 Å². The minimum Gasteiger partial charge on any atom is -0.480 e. The molecule has 0 atom stereocenters. The summed E-state index contributed by atoms with van der Waals surface area (Å²) in [6, 6.07) is 3.84. The van der Waals surface area contributed by atoms with Gasteiger partial charge < -0.3 is 10.1 Å². The Labute approximate surface area is 117 Å². The first-order valence-corrected chi connectivity index (χ1v) is 7.00. The molecule has 1 N–H and O–H groups in total. The average molecular weight is 277 g/mol. The van der Waals surface area contributed by atoms with E-state index < -0.39 is 0 Å². The Morgan fingerprint density at radius 2 is 2.11 bits per heavy atom. The Hall–Kier alpha value is -1.62. The van der Waals surface area contributed by atoms with Crippen molar-refractivity contribution in [3.8, 4) is 5.88 Å². The first kappa shape index (κ1) is 13.8. The molecule has 2 aromatic rings. The molecule has 0 radical (unpaired) electrons. The maximum atomic E-state index is 5.21. The van der Waals surface area contributed by atoms with Crippen LogP contribution in [0, 0.1) is 0 Å². The smallest absolute Gasteiger partial charge is 0.237 e. The molecule has 2 heterocycles. The van der Waals surface area contributed by atoms with E-state index in [2.05, 4.69) is 36.1 Å². The molecular weight excluding hydrogens is 258 g/mol. The van der Waals surface area contributed by atoms with Gasteiger partial charge >= 0.3 is 0 Å². The van der Waals surface area contributed by atoms with Crippen LogP contribution in [0.25, 0.3) is 0 Å². The van der Waals surface area contributed by atoms with E-state index in [0.29, 0.717) is 5.88 Å². The predicted octanol–water partition coefficient (Wildman–Crippen LogP) is 3.46. The van der Waals surface area contributed by atoms with Gasteiger partial charge in [-0.1, -0.05) is 20.8 Å². The second-order valence-electron chi connectivity index (χ2n) is 5.30. The molecule has 102 valence electrons. The van der Waals surface area contributed by atoms with Crippen LogP contribution < -0.4 is 10.1 Å². The second-order valence-corrected chi connectivity index (χ2v) is 6.41. The molecule has 0 unspecified atom stereocenters. The van der Waals surface area contributed by atoms with E-state index in [9.17, 15) is 0 Å². The van der Waals surface area contributed by atoms with Crippen molar-refractivity contribution >= 4 is 17.0 Å². The van der Waals surface area contributed by atoms with E-state index in [1.807, 2.05) is 18.3 Å². The van der Waals surface area contributed by atoms with Gasteiger partial charge in [-0.05, 0) is 12.1 Å². The first-order valence-electron chi connectivity index (χ1n) is 6.19. The molecule has 2 rings (SSSR count). The van der Waals surface area contributed by atoms with Crippen molar-refractivity contribution in [2.45, 2.75) is 32.7 Å². The van der Waals surface area contributed by atoms with E-state index in [1.165, 1.54) is 4.88 Å². The highest BCUT2D eigenvalue weighted by atomic mass is 32.1. The van der Waals surface area contributed by atoms with E-state index in [1.54, 1.807) is 24.6 Å². The number of ether oxygens (including phenoxy) is 1. The fourth-order valence-corrected chi connectivity index (χ4v) is 2.52. The number of rotatable bonds is 4. The van der Waals surface area contributed by atoms with E-state index in [4.69, 9.17) is 4.74 Å². The molecule has 0 fully saturated rings. The number of aromatic nitrogens is 2. The molecule has 0 saturated carbocycles. The van der Waals surface area contributed by atoms with Crippen LogP contribution in [-0.2, 0) is 12.0 Å². The Morgan fingerprint density at radius 3 is 2.74 bits per heavy atom. The fraction of sp³-hybridized carbons (Fsp3) is 0.429. The van der Waals surface area contributed by atoms with Crippen molar-refractivity contribution in [3.05, 3.63) is 34.4 Å². The summed E-state index contributed by atoms with van der Waals surface area (Å²) in [6.07, 6.45) is 3.65. The fourth-order valence-electron chi connectivity index (χ4n) is 1.61. The molecular formula is C14H19N3OS. The largest absolute Gasteiger partial charge is 0.480 e. The monoisotopic (exact) mass is 277 g/mol. The molecule has 5 heteroatoms. The summed E-state index contributed by atoms with van der Waals surface area (Å²) in [5.41, 5.74) is 1.00. The molecule has 0 aromatic carbocycles. The quantitative estimate of drug-likeness (QED) is 0.929. The van der Waals surface area contributed by atoms with Gasteiger partial charge in [-0.15, -0.1) is 11.3 Å². The highest BCUT2D eigenvalue weighted by molar-refractivity contribution is 7.11. The number of nitrogens with one attached hydrogen (secondary N) is 1. The second kappa shape index (κ2) is 5.57. The number of anilines is 1. The van der Waals surface area contributed by atoms with Gasteiger partial charge in [0.15, 0.2) is 0 Å². The van der Waals surface area contributed by atoms with Gasteiger partial charge in [0.05, 0.1) is 24.3 Å². The summed E-state index contributed by atoms with van der Waals surface area (Å²) < 4.78 is 5.21. The summed E-state index contributed by atoms with van der Waals surface area (Å²) in [6.45, 7) is 7.25. The van der Waals surface area contributed by atoms with Gasteiger partial charge in [0, 0.05) is 22.7 Å². The zero-order valence-electron chi connectivity index (χ0n) is 11.7. The highest BCUT2D eigenvalue weighted by Crippen LogP contribution is 2.28. The molecule has 4 nitrogen and oxygen atoms in total. The van der Waals surface area contributed by atoms with Crippen LogP contribution in [0.1, 0.15) is 30.7 Å². The van der Waals surface area contributed by atoms with Gasteiger partial charge in [0.2, 0.25) is 5.88 Å². The number of nitrogens with zero attached hydrogens (tertiary/aromatic N) is 2. The van der Waals surface area contributed by atoms with Crippen molar-refractivity contribution in [1.29, 1.82) is 0 Å². The summed E-state index contributed by atoms with van der Waals surface area (Å²) in [7, 11) is 1.62. The lowest BCUT2D eigenvalue weighted by atomic mass is 9.98. The highest BCUT2D eigenvalue weighted by Gasteiger charge is 2.17. The molecule has 0 bridgehead atoms. The minimum absolute atomic E-state index is 0.106. The van der Waals surface area contributed by atoms with Gasteiger partial charge in [0.25, 0.3) is 0 Å². The third kappa shape index (κ3) is 3.44. The Kier molecular flexibility index (Phi) is 4.04. The number of methoxy groups -OCH3 is 1. The molecule has 0 saturated heterocycles. The number of hydrogen-bond donors (Lipinski definition) is 1. The molecule has 0 spiro atoms. The van der Waals surface area contributed by atoms with Crippen LogP contribution in [0.2, 0.25) is 0 Å². The molecule has 0 aliphatic heterocycles. The van der Waals surface area contributed by atoms with Crippen molar-refractivity contribution < 1.29 is 4.74 Å². The standard InChI is InChI=1S/C14H19N3OS/c1-14(2,3)13-17-9-10(19-13)8-16-11-6-5-7-15-12(11)18-4/h5-7,9,16H,8H2,1-4H3. The molecule has 19 heavy (non-hydrogen) atoms. The van der Waals surface area contributed by atoms with Crippen LogP contribution in [0.3, 0.4) is 0 Å². The van der Waals surface area contributed by atoms with E-state index in [-0.39, 0.29) is 5.41 Å². The SMILES string of the molecule is COc1ncccc1NCc1cnc(C(C)(C)C)s1. The van der Waals surface area contributed by atoms with E-state index in [0.717, 1.165) is 17.2 Å². The lowest BCUT2D eigenvalue weighted by Gasteiger charge is -2.13. The van der Waals surface area contributed by atoms with Crippen LogP contribution in [0.5, 0.6) is 5.88 Å². The predicted molar refractivity (Wildman–Crippen MR) is 78.9 cm³/mol. The normalized spacial score (nSPS) is 11.4. The zero-order valence-corrected chi connectivity index (χ0v) is 12.5. The van der Waals surface area contributed by atoms with Crippen LogP contribution in [0.4, 0.5) is 5.69 Å². The summed E-state index contributed by atoms with van der Waals surface area (Å²) in [4.78, 5) is 9.84. The molecule has 0 aliphatic carbocycles. The minimum atomic E-state index is 0.106. The molecule has 0 amide bonds. The maximum Gasteiger partial charge on any atom is 0.237 e. The van der Waals surface area contributed by atoms with Crippen LogP contribution >= 0.6 is 11.3 Å². The van der Waals surface area contributed by atoms with Gasteiger partial charge in [-0.2, -0.15) is 0 Å². The lowest BCUT2D eigenvalue weighted by Crippen LogP contribution is -2.09. The topological polar surface area (TPSA) is 47.0 Å². The number of thiazole rings is 1. The molecule has 2 aromatic heterocycles. The van der Waals surface area contributed by atoms with Crippen molar-refractivity contribution in [2.24, 2.45) is 0 Å². The summed E-state index contributed by atoms with van der Waals surface area (Å²) in [5.74, 6) is 0.614. The number of hydrogen-bond acceptors (Lipinski definition) is 5. The van der Waals surface area contributed by atoms with Crippen LogP contribution in [0.15, 0.2) is 24.5 Å². The van der Waals surface area contributed by atoms with Crippen molar-refractivity contribution in [2.75, 3.05) is 12.4 Å². The Morgan fingerprint density at radius 1 is 1.32 bits per heavy atom. The third-order valence-corrected chi connectivity index (χ3v) is 4.04. The van der Waals surface area contributed by atoms with E-state index >= 15 is 0 Å².